The van der Waals surface area contributed by atoms with Gasteiger partial charge in [0.05, 0.1) is 11.4 Å². The number of hydrogen-bond acceptors (Lipinski definition) is 2. The van der Waals surface area contributed by atoms with Crippen LogP contribution in [0.3, 0.4) is 0 Å². The summed E-state index contributed by atoms with van der Waals surface area (Å²) >= 11 is 0. The highest BCUT2D eigenvalue weighted by molar-refractivity contribution is 5.76. The Balaban J connectivity index is 2.65. The number of halogens is 6. The van der Waals surface area contributed by atoms with E-state index in [1.54, 1.807) is 0 Å². The molecule has 0 aliphatic heterocycles. The third kappa shape index (κ3) is 2.55. The number of H-pyrrole nitrogens is 2. The molecule has 0 fully saturated rings. The lowest BCUT2D eigenvalue weighted by Gasteiger charge is -2.33. The maximum Gasteiger partial charge on any atom is 0.490 e. The Morgan fingerprint density at radius 3 is 1.64 bits per heavy atom. The van der Waals surface area contributed by atoms with Gasteiger partial charge in [-0.1, -0.05) is 0 Å². The van der Waals surface area contributed by atoms with Gasteiger partial charge in [0.2, 0.25) is 0 Å². The van der Waals surface area contributed by atoms with Gasteiger partial charge in [-0.05, 0) is 24.3 Å². The summed E-state index contributed by atoms with van der Waals surface area (Å²) in [7, 11) is 0. The van der Waals surface area contributed by atoms with Crippen molar-refractivity contribution in [2.45, 2.75) is 18.0 Å². The number of rotatable bonds is 3. The Bertz CT molecular complexity index is 593. The molecular formula is C12H8F6N2O2. The number of aromatic nitrogens is 2. The van der Waals surface area contributed by atoms with Gasteiger partial charge in [0.15, 0.2) is 0 Å². The standard InChI is InChI=1S/C12H8F6N2O2/c13-11(14,15)9(21)22-10(12(16,17)18,7-3-1-5-19-7)8-4-2-6-20-8/h1-6,19-20H. The molecule has 0 radical (unpaired) electrons. The molecule has 2 aromatic heterocycles. The predicted octanol–water partition coefficient (Wildman–Crippen LogP) is 3.25. The molecule has 0 aliphatic rings. The molecule has 0 atom stereocenters. The minimum atomic E-state index is -5.57. The zero-order valence-electron chi connectivity index (χ0n) is 10.5. The molecular weight excluding hydrogens is 318 g/mol. The lowest BCUT2D eigenvalue weighted by molar-refractivity contribution is -0.278. The van der Waals surface area contributed by atoms with E-state index in [1.807, 2.05) is 0 Å². The SMILES string of the molecule is O=C(OC(c1ccc[nH]1)(c1ccc[nH]1)C(F)(F)F)C(F)(F)F. The summed E-state index contributed by atoms with van der Waals surface area (Å²) in [6, 6.07) is 4.02. The van der Waals surface area contributed by atoms with Gasteiger partial charge in [-0.15, -0.1) is 0 Å². The molecule has 10 heteroatoms. The molecule has 0 amide bonds. The monoisotopic (exact) mass is 326 g/mol. The van der Waals surface area contributed by atoms with Crippen LogP contribution in [-0.2, 0) is 15.1 Å². The van der Waals surface area contributed by atoms with E-state index in [1.165, 1.54) is 0 Å². The van der Waals surface area contributed by atoms with Gasteiger partial charge < -0.3 is 14.7 Å². The van der Waals surface area contributed by atoms with Crippen LogP contribution < -0.4 is 0 Å². The fourth-order valence-corrected chi connectivity index (χ4v) is 1.91. The molecule has 0 unspecified atom stereocenters. The van der Waals surface area contributed by atoms with Gasteiger partial charge in [0.25, 0.3) is 5.60 Å². The molecule has 0 saturated carbocycles. The van der Waals surface area contributed by atoms with Crippen LogP contribution in [-0.4, -0.2) is 28.3 Å². The Labute approximate surface area is 119 Å². The lowest BCUT2D eigenvalue weighted by Crippen LogP contribution is -2.50. The van der Waals surface area contributed by atoms with Crippen molar-refractivity contribution in [2.75, 3.05) is 0 Å². The second-order valence-electron chi connectivity index (χ2n) is 4.23. The fourth-order valence-electron chi connectivity index (χ4n) is 1.91. The molecule has 2 N–H and O–H groups in total. The molecule has 0 aromatic carbocycles. The van der Waals surface area contributed by atoms with Gasteiger partial charge in [-0.2, -0.15) is 26.3 Å². The van der Waals surface area contributed by atoms with E-state index in [4.69, 9.17) is 0 Å². The molecule has 2 aromatic rings. The summed E-state index contributed by atoms with van der Waals surface area (Å²) in [5.74, 6) is -2.95. The third-order valence-electron chi connectivity index (χ3n) is 2.83. The highest BCUT2D eigenvalue weighted by Gasteiger charge is 2.64. The average molecular weight is 326 g/mol. The van der Waals surface area contributed by atoms with Crippen molar-refractivity contribution in [2.24, 2.45) is 0 Å². The third-order valence-corrected chi connectivity index (χ3v) is 2.83. The summed E-state index contributed by atoms with van der Waals surface area (Å²) in [4.78, 5) is 15.3. The summed E-state index contributed by atoms with van der Waals surface area (Å²) < 4.78 is 81.8. The Kier molecular flexibility index (Phi) is 3.71. The topological polar surface area (TPSA) is 57.9 Å². The van der Waals surface area contributed by atoms with E-state index >= 15 is 0 Å². The summed E-state index contributed by atoms with van der Waals surface area (Å²) in [5.41, 5.74) is -5.15. The number of aromatic amines is 2. The van der Waals surface area contributed by atoms with Crippen molar-refractivity contribution < 1.29 is 35.9 Å². The number of nitrogens with one attached hydrogen (secondary N) is 2. The Hall–Kier alpha value is -2.39. The van der Waals surface area contributed by atoms with Gasteiger partial charge >= 0.3 is 18.3 Å². The lowest BCUT2D eigenvalue weighted by atomic mass is 9.94. The van der Waals surface area contributed by atoms with E-state index in [0.717, 1.165) is 36.7 Å². The minimum absolute atomic E-state index is 0.764. The van der Waals surface area contributed by atoms with Crippen LogP contribution in [0.1, 0.15) is 11.4 Å². The van der Waals surface area contributed by atoms with Gasteiger partial charge in [-0.3, -0.25) is 0 Å². The number of carbonyl (C=O) groups excluding carboxylic acids is 1. The van der Waals surface area contributed by atoms with Crippen molar-refractivity contribution in [3.8, 4) is 0 Å². The number of hydrogen-bond donors (Lipinski definition) is 2. The van der Waals surface area contributed by atoms with Crippen LogP contribution in [0.4, 0.5) is 26.3 Å². The van der Waals surface area contributed by atoms with Crippen molar-refractivity contribution in [1.29, 1.82) is 0 Å². The van der Waals surface area contributed by atoms with E-state index in [9.17, 15) is 31.1 Å². The second-order valence-corrected chi connectivity index (χ2v) is 4.23. The van der Waals surface area contributed by atoms with Crippen LogP contribution in [0, 0.1) is 0 Å². The summed E-state index contributed by atoms with van der Waals surface area (Å²) in [5, 5.41) is 0. The summed E-state index contributed by atoms with van der Waals surface area (Å²) in [6.07, 6.45) is -8.78. The maximum atomic E-state index is 13.6. The molecule has 0 bridgehead atoms. The van der Waals surface area contributed by atoms with Crippen molar-refractivity contribution in [1.82, 2.24) is 9.97 Å². The highest BCUT2D eigenvalue weighted by atomic mass is 19.4. The molecule has 2 rings (SSSR count). The molecule has 22 heavy (non-hydrogen) atoms. The number of alkyl halides is 6. The second kappa shape index (κ2) is 5.11. The first kappa shape index (κ1) is 16.0. The normalized spacial score (nSPS) is 13.2. The quantitative estimate of drug-likeness (QED) is 0.672. The first-order chi connectivity index (χ1) is 10.1. The highest BCUT2D eigenvalue weighted by Crippen LogP contribution is 2.47. The van der Waals surface area contributed by atoms with Crippen LogP contribution >= 0.6 is 0 Å². The van der Waals surface area contributed by atoms with Crippen LogP contribution in [0.2, 0.25) is 0 Å². The van der Waals surface area contributed by atoms with E-state index in [2.05, 4.69) is 14.7 Å². The smallest absolute Gasteiger partial charge is 0.429 e. The number of carbonyl (C=O) groups is 1. The predicted molar refractivity (Wildman–Crippen MR) is 60.6 cm³/mol. The van der Waals surface area contributed by atoms with Crippen LogP contribution in [0.25, 0.3) is 0 Å². The van der Waals surface area contributed by atoms with E-state index in [-0.39, 0.29) is 0 Å². The minimum Gasteiger partial charge on any atom is -0.429 e. The molecule has 0 saturated heterocycles. The Morgan fingerprint density at radius 2 is 1.36 bits per heavy atom. The molecule has 120 valence electrons. The van der Waals surface area contributed by atoms with Crippen LogP contribution in [0.15, 0.2) is 36.7 Å². The van der Waals surface area contributed by atoms with Crippen LogP contribution in [0.5, 0.6) is 0 Å². The Morgan fingerprint density at radius 1 is 0.909 bits per heavy atom. The molecule has 2 heterocycles. The molecule has 0 spiro atoms. The van der Waals surface area contributed by atoms with Gasteiger partial charge in [0, 0.05) is 12.4 Å². The first-order valence-electron chi connectivity index (χ1n) is 5.73. The molecule has 4 nitrogen and oxygen atoms in total. The summed E-state index contributed by atoms with van der Waals surface area (Å²) in [6.45, 7) is 0. The zero-order valence-corrected chi connectivity index (χ0v) is 10.5. The maximum absolute atomic E-state index is 13.6. The fraction of sp³-hybridized carbons (Fsp3) is 0.250. The zero-order chi connectivity index (χ0) is 16.6. The van der Waals surface area contributed by atoms with E-state index in [0.29, 0.717) is 0 Å². The number of ether oxygens (including phenoxy) is 1. The number of esters is 1. The van der Waals surface area contributed by atoms with Crippen molar-refractivity contribution in [3.63, 3.8) is 0 Å². The molecule has 0 aliphatic carbocycles. The van der Waals surface area contributed by atoms with E-state index < -0.39 is 35.3 Å². The average Bonchev–Trinajstić information content (AvgIpc) is 3.05. The van der Waals surface area contributed by atoms with Gasteiger partial charge in [0.1, 0.15) is 0 Å². The van der Waals surface area contributed by atoms with Gasteiger partial charge in [-0.25, -0.2) is 4.79 Å². The van der Waals surface area contributed by atoms with Crippen molar-refractivity contribution >= 4 is 5.97 Å². The van der Waals surface area contributed by atoms with Crippen molar-refractivity contribution in [3.05, 3.63) is 48.0 Å². The first-order valence-corrected chi connectivity index (χ1v) is 5.73. The largest absolute Gasteiger partial charge is 0.490 e.